The van der Waals surface area contributed by atoms with E-state index in [0.29, 0.717) is 41.0 Å². The van der Waals surface area contributed by atoms with Crippen LogP contribution in [0, 0.1) is 22.7 Å². The maximum atomic E-state index is 10.9. The van der Waals surface area contributed by atoms with E-state index >= 15 is 0 Å². The first-order chi connectivity index (χ1) is 12.2. The van der Waals surface area contributed by atoms with Gasteiger partial charge in [-0.2, -0.15) is 10.5 Å². The van der Waals surface area contributed by atoms with Gasteiger partial charge in [-0.25, -0.2) is 0 Å². The Bertz CT molecular complexity index is 850. The van der Waals surface area contributed by atoms with Crippen LogP contribution in [0.15, 0.2) is 36.4 Å². The van der Waals surface area contributed by atoms with E-state index in [0.717, 1.165) is 5.56 Å². The molecule has 126 valence electrons. The van der Waals surface area contributed by atoms with Gasteiger partial charge >= 0.3 is 0 Å². The fraction of sp³-hybridized carbons (Fsp3) is 0.211. The van der Waals surface area contributed by atoms with Crippen molar-refractivity contribution < 1.29 is 14.3 Å². The molecule has 0 aliphatic rings. The molecule has 2 aromatic carbocycles. The minimum absolute atomic E-state index is 0.297. The Morgan fingerprint density at radius 3 is 2.56 bits per heavy atom. The topological polar surface area (TPSA) is 95.1 Å². The molecule has 6 heteroatoms. The maximum Gasteiger partial charge on any atom is 0.150 e. The smallest absolute Gasteiger partial charge is 0.150 e. The van der Waals surface area contributed by atoms with Crippen molar-refractivity contribution in [2.45, 2.75) is 6.04 Å². The summed E-state index contributed by atoms with van der Waals surface area (Å²) in [7, 11) is 3.12. The highest BCUT2D eigenvalue weighted by Crippen LogP contribution is 2.30. The van der Waals surface area contributed by atoms with Crippen molar-refractivity contribution >= 4 is 12.0 Å². The van der Waals surface area contributed by atoms with Gasteiger partial charge in [-0.15, -0.1) is 0 Å². The van der Waals surface area contributed by atoms with Crippen molar-refractivity contribution in [3.8, 4) is 17.9 Å². The zero-order valence-corrected chi connectivity index (χ0v) is 13.9. The molecule has 25 heavy (non-hydrogen) atoms. The summed E-state index contributed by atoms with van der Waals surface area (Å²) in [4.78, 5) is 10.9. The van der Waals surface area contributed by atoms with Crippen molar-refractivity contribution in [1.29, 1.82) is 10.5 Å². The second kappa shape index (κ2) is 8.49. The number of benzene rings is 2. The van der Waals surface area contributed by atoms with Crippen LogP contribution in [0.5, 0.6) is 5.75 Å². The average molecular weight is 335 g/mol. The molecule has 0 radical (unpaired) electrons. The molecule has 0 heterocycles. The number of nitrogens with zero attached hydrogens (tertiary/aromatic N) is 2. The highest BCUT2D eigenvalue weighted by Gasteiger charge is 2.18. The summed E-state index contributed by atoms with van der Waals surface area (Å²) >= 11 is 0. The number of rotatable bonds is 7. The molecule has 0 bridgehead atoms. The number of hydrogen-bond donors (Lipinski definition) is 1. The summed E-state index contributed by atoms with van der Waals surface area (Å²) in [6.07, 6.45) is 0.691. The van der Waals surface area contributed by atoms with Gasteiger partial charge < -0.3 is 14.8 Å². The van der Waals surface area contributed by atoms with Crippen LogP contribution in [0.1, 0.15) is 33.1 Å². The molecule has 0 aliphatic carbocycles. The molecule has 1 atom stereocenters. The summed E-state index contributed by atoms with van der Waals surface area (Å²) in [5.74, 6) is 0.608. The van der Waals surface area contributed by atoms with Gasteiger partial charge in [0.1, 0.15) is 18.1 Å². The second-order valence-corrected chi connectivity index (χ2v) is 5.26. The zero-order valence-electron chi connectivity index (χ0n) is 13.9. The standard InChI is InChI=1S/C19H17N3O3/c1-24-12-18(16-8-13(9-20)4-6-19(16)25-2)22-17-5-3-14(11-23)7-15(17)10-21/h3-8,11,18,22H,12H2,1-2H3. The van der Waals surface area contributed by atoms with Crippen molar-refractivity contribution in [2.75, 3.05) is 26.1 Å². The molecule has 2 aromatic rings. The fourth-order valence-electron chi connectivity index (χ4n) is 2.49. The van der Waals surface area contributed by atoms with Crippen LogP contribution in [-0.2, 0) is 4.74 Å². The Morgan fingerprint density at radius 1 is 1.16 bits per heavy atom. The number of aldehydes is 1. The van der Waals surface area contributed by atoms with Crippen LogP contribution in [0.3, 0.4) is 0 Å². The fourth-order valence-corrected chi connectivity index (χ4v) is 2.49. The molecule has 1 unspecified atom stereocenters. The van der Waals surface area contributed by atoms with E-state index in [4.69, 9.17) is 14.7 Å². The Hall–Kier alpha value is -3.35. The molecule has 0 aliphatic heterocycles. The molecule has 0 amide bonds. The monoisotopic (exact) mass is 335 g/mol. The quantitative estimate of drug-likeness (QED) is 0.781. The Labute approximate surface area is 146 Å². The highest BCUT2D eigenvalue weighted by atomic mass is 16.5. The first-order valence-electron chi connectivity index (χ1n) is 7.49. The second-order valence-electron chi connectivity index (χ2n) is 5.26. The van der Waals surface area contributed by atoms with E-state index < -0.39 is 0 Å². The Morgan fingerprint density at radius 2 is 1.96 bits per heavy atom. The third-order valence-corrected chi connectivity index (χ3v) is 3.70. The first-order valence-corrected chi connectivity index (χ1v) is 7.49. The lowest BCUT2D eigenvalue weighted by Crippen LogP contribution is -2.18. The van der Waals surface area contributed by atoms with Crippen molar-refractivity contribution in [3.63, 3.8) is 0 Å². The lowest BCUT2D eigenvalue weighted by atomic mass is 10.0. The third-order valence-electron chi connectivity index (χ3n) is 3.70. The molecule has 6 nitrogen and oxygen atoms in total. The number of hydrogen-bond acceptors (Lipinski definition) is 6. The molecule has 1 N–H and O–H groups in total. The number of nitriles is 2. The summed E-state index contributed by atoms with van der Waals surface area (Å²) < 4.78 is 10.7. The third kappa shape index (κ3) is 4.14. The van der Waals surface area contributed by atoms with E-state index in [1.54, 1.807) is 44.6 Å². The largest absolute Gasteiger partial charge is 0.496 e. The maximum absolute atomic E-state index is 10.9. The normalized spacial score (nSPS) is 11.0. The molecule has 0 spiro atoms. The summed E-state index contributed by atoms with van der Waals surface area (Å²) in [6, 6.07) is 13.8. The molecule has 0 aromatic heterocycles. The van der Waals surface area contributed by atoms with Crippen molar-refractivity contribution in [3.05, 3.63) is 58.7 Å². The molecule has 0 saturated carbocycles. The zero-order chi connectivity index (χ0) is 18.2. The van der Waals surface area contributed by atoms with Crippen LogP contribution >= 0.6 is 0 Å². The van der Waals surface area contributed by atoms with E-state index in [1.165, 1.54) is 6.07 Å². The van der Waals surface area contributed by atoms with Gasteiger partial charge in [-0.05, 0) is 36.4 Å². The van der Waals surface area contributed by atoms with Crippen molar-refractivity contribution in [2.24, 2.45) is 0 Å². The SMILES string of the molecule is COCC(Nc1ccc(C=O)cc1C#N)c1cc(C#N)ccc1OC. The lowest BCUT2D eigenvalue weighted by Gasteiger charge is -2.22. The van der Waals surface area contributed by atoms with Gasteiger partial charge in [-0.3, -0.25) is 4.79 Å². The van der Waals surface area contributed by atoms with Gasteiger partial charge in [-0.1, -0.05) is 0 Å². The highest BCUT2D eigenvalue weighted by molar-refractivity contribution is 5.78. The minimum atomic E-state index is -0.345. The van der Waals surface area contributed by atoms with Gasteiger partial charge in [0, 0.05) is 18.2 Å². The Kier molecular flexibility index (Phi) is 6.11. The molecule has 2 rings (SSSR count). The van der Waals surface area contributed by atoms with Crippen LogP contribution in [0.4, 0.5) is 5.69 Å². The van der Waals surface area contributed by atoms with Crippen LogP contribution < -0.4 is 10.1 Å². The van der Waals surface area contributed by atoms with Crippen LogP contribution in [0.25, 0.3) is 0 Å². The molecule has 0 saturated heterocycles. The molecule has 0 fully saturated rings. The predicted octanol–water partition coefficient (Wildman–Crippen LogP) is 3.05. The summed E-state index contributed by atoms with van der Waals surface area (Å²) in [6.45, 7) is 0.297. The van der Waals surface area contributed by atoms with E-state index in [9.17, 15) is 10.1 Å². The number of anilines is 1. The summed E-state index contributed by atoms with van der Waals surface area (Å²) in [5, 5.41) is 21.7. The summed E-state index contributed by atoms with van der Waals surface area (Å²) in [5.41, 5.74) is 2.58. The average Bonchev–Trinajstić information content (AvgIpc) is 2.67. The van der Waals surface area contributed by atoms with Crippen LogP contribution in [0.2, 0.25) is 0 Å². The molecular weight excluding hydrogens is 318 g/mol. The van der Waals surface area contributed by atoms with E-state index in [2.05, 4.69) is 17.5 Å². The number of carbonyl (C=O) groups is 1. The van der Waals surface area contributed by atoms with Crippen LogP contribution in [-0.4, -0.2) is 27.1 Å². The van der Waals surface area contributed by atoms with Crippen molar-refractivity contribution in [1.82, 2.24) is 0 Å². The lowest BCUT2D eigenvalue weighted by molar-refractivity contribution is 0.112. The number of methoxy groups -OCH3 is 2. The minimum Gasteiger partial charge on any atom is -0.496 e. The molecular formula is C19H17N3O3. The number of nitrogens with one attached hydrogen (secondary N) is 1. The number of ether oxygens (including phenoxy) is 2. The predicted molar refractivity (Wildman–Crippen MR) is 92.5 cm³/mol. The van der Waals surface area contributed by atoms with Gasteiger partial charge in [0.25, 0.3) is 0 Å². The van der Waals surface area contributed by atoms with Gasteiger partial charge in [0.15, 0.2) is 0 Å². The first kappa shape index (κ1) is 18.0. The number of carbonyl (C=O) groups excluding carboxylic acids is 1. The van der Waals surface area contributed by atoms with Gasteiger partial charge in [0.05, 0.1) is 42.6 Å². The Balaban J connectivity index is 2.45. The van der Waals surface area contributed by atoms with E-state index in [-0.39, 0.29) is 6.04 Å². The van der Waals surface area contributed by atoms with Gasteiger partial charge in [0.2, 0.25) is 0 Å². The van der Waals surface area contributed by atoms with E-state index in [1.807, 2.05) is 0 Å².